The average molecular weight is 247 g/mol. The molecule has 0 N–H and O–H groups in total. The van der Waals surface area contributed by atoms with Gasteiger partial charge in [-0.2, -0.15) is 0 Å². The molecule has 0 unspecified atom stereocenters. The minimum atomic E-state index is 0.847. The Morgan fingerprint density at radius 1 is 1.60 bits per heavy atom. The molecule has 1 saturated carbocycles. The van der Waals surface area contributed by atoms with Crippen LogP contribution in [0.5, 0.6) is 0 Å². The molecular formula is C8H10IN. The van der Waals surface area contributed by atoms with E-state index in [9.17, 15) is 0 Å². The molecule has 2 rings (SSSR count). The van der Waals surface area contributed by atoms with Gasteiger partial charge in [-0.3, -0.25) is 0 Å². The lowest BCUT2D eigenvalue weighted by molar-refractivity contribution is 0.721. The molecule has 0 saturated heterocycles. The van der Waals surface area contributed by atoms with Crippen molar-refractivity contribution in [1.82, 2.24) is 4.57 Å². The van der Waals surface area contributed by atoms with E-state index in [-0.39, 0.29) is 0 Å². The summed E-state index contributed by atoms with van der Waals surface area (Å²) in [5.41, 5.74) is 1.48. The second-order valence-electron chi connectivity index (χ2n) is 2.77. The molecule has 0 atom stereocenters. The zero-order valence-electron chi connectivity index (χ0n) is 5.76. The highest BCUT2D eigenvalue weighted by molar-refractivity contribution is 14.1. The first kappa shape index (κ1) is 6.70. The number of nitrogens with zero attached hydrogens (tertiary/aromatic N) is 1. The van der Waals surface area contributed by atoms with E-state index >= 15 is 0 Å². The Morgan fingerprint density at radius 3 is 3.00 bits per heavy atom. The van der Waals surface area contributed by atoms with Gasteiger partial charge in [0.05, 0.1) is 0 Å². The van der Waals surface area contributed by atoms with Crippen LogP contribution in [0, 0.1) is 0 Å². The highest BCUT2D eigenvalue weighted by atomic mass is 127. The number of rotatable bonds is 2. The van der Waals surface area contributed by atoms with Gasteiger partial charge < -0.3 is 4.57 Å². The van der Waals surface area contributed by atoms with Gasteiger partial charge in [0.2, 0.25) is 0 Å². The van der Waals surface area contributed by atoms with Crippen molar-refractivity contribution in [3.8, 4) is 0 Å². The van der Waals surface area contributed by atoms with Crippen LogP contribution in [0.2, 0.25) is 0 Å². The van der Waals surface area contributed by atoms with Gasteiger partial charge in [0.15, 0.2) is 0 Å². The molecule has 0 aliphatic heterocycles. The summed E-state index contributed by atoms with van der Waals surface area (Å²) >= 11 is 2.42. The van der Waals surface area contributed by atoms with Crippen LogP contribution in [0.1, 0.15) is 24.6 Å². The van der Waals surface area contributed by atoms with Crippen molar-refractivity contribution in [3.63, 3.8) is 0 Å². The average Bonchev–Trinajstić information content (AvgIpc) is 2.69. The molecule has 1 aliphatic carbocycles. The number of halogens is 1. The summed E-state index contributed by atoms with van der Waals surface area (Å²) in [6.07, 6.45) is 4.97. The molecule has 0 aromatic carbocycles. The van der Waals surface area contributed by atoms with Crippen molar-refractivity contribution in [2.24, 2.45) is 0 Å². The van der Waals surface area contributed by atoms with Gasteiger partial charge in [-0.15, -0.1) is 0 Å². The Bertz CT molecular complexity index is 225. The van der Waals surface area contributed by atoms with Gasteiger partial charge in [-0.25, -0.2) is 0 Å². The third-order valence-electron chi connectivity index (χ3n) is 1.94. The van der Waals surface area contributed by atoms with E-state index in [1.165, 1.54) is 18.5 Å². The first-order valence-electron chi connectivity index (χ1n) is 3.63. The third kappa shape index (κ3) is 1.09. The minimum Gasteiger partial charge on any atom is -0.348 e. The molecule has 1 aliphatic rings. The van der Waals surface area contributed by atoms with E-state index in [4.69, 9.17) is 0 Å². The molecule has 1 nitrogen and oxygen atoms in total. The maximum atomic E-state index is 2.42. The van der Waals surface area contributed by atoms with Gasteiger partial charge in [0, 0.05) is 22.4 Å². The summed E-state index contributed by atoms with van der Waals surface area (Å²) in [7, 11) is 0. The highest BCUT2D eigenvalue weighted by Gasteiger charge is 2.23. The summed E-state index contributed by atoms with van der Waals surface area (Å²) in [6.45, 7) is 0. The Balaban J connectivity index is 2.28. The zero-order chi connectivity index (χ0) is 6.97. The number of aromatic nitrogens is 1. The molecule has 1 fully saturated rings. The molecule has 0 spiro atoms. The van der Waals surface area contributed by atoms with Gasteiger partial charge in [0.25, 0.3) is 0 Å². The zero-order valence-corrected chi connectivity index (χ0v) is 7.91. The molecule has 2 heteroatoms. The highest BCUT2D eigenvalue weighted by Crippen LogP contribution is 2.36. The fraction of sp³-hybridized carbons (Fsp3) is 0.500. The fourth-order valence-corrected chi connectivity index (χ4v) is 1.90. The van der Waals surface area contributed by atoms with Crippen molar-refractivity contribution in [1.29, 1.82) is 0 Å². The standard InChI is InChI=1S/C8H10IN/c9-6-8-2-1-5-10(8)7-3-4-7/h1-2,5,7H,3-4,6H2. The molecular weight excluding hydrogens is 237 g/mol. The lowest BCUT2D eigenvalue weighted by Gasteiger charge is -2.02. The lowest BCUT2D eigenvalue weighted by Crippen LogP contribution is -1.95. The van der Waals surface area contributed by atoms with Crippen LogP contribution in [0.15, 0.2) is 18.3 Å². The van der Waals surface area contributed by atoms with Crippen molar-refractivity contribution >= 4 is 22.6 Å². The van der Waals surface area contributed by atoms with E-state index in [2.05, 4.69) is 45.5 Å². The van der Waals surface area contributed by atoms with Crippen LogP contribution in [-0.4, -0.2) is 4.57 Å². The normalized spacial score (nSPS) is 17.7. The van der Waals surface area contributed by atoms with E-state index in [0.29, 0.717) is 0 Å². The van der Waals surface area contributed by atoms with E-state index in [1.807, 2.05) is 0 Å². The molecule has 54 valence electrons. The minimum absolute atomic E-state index is 0.847. The molecule has 1 aromatic heterocycles. The maximum Gasteiger partial charge on any atom is 0.0400 e. The summed E-state index contributed by atoms with van der Waals surface area (Å²) in [5.74, 6) is 0. The van der Waals surface area contributed by atoms with Gasteiger partial charge in [-0.1, -0.05) is 22.6 Å². The monoisotopic (exact) mass is 247 g/mol. The number of hydrogen-bond acceptors (Lipinski definition) is 0. The second kappa shape index (κ2) is 2.57. The third-order valence-corrected chi connectivity index (χ3v) is 2.73. The van der Waals surface area contributed by atoms with Crippen LogP contribution in [-0.2, 0) is 4.43 Å². The largest absolute Gasteiger partial charge is 0.348 e. The topological polar surface area (TPSA) is 4.93 Å². The summed E-state index contributed by atoms with van der Waals surface area (Å²) < 4.78 is 3.55. The van der Waals surface area contributed by atoms with E-state index < -0.39 is 0 Å². The van der Waals surface area contributed by atoms with E-state index in [1.54, 1.807) is 0 Å². The lowest BCUT2D eigenvalue weighted by atomic mass is 10.5. The smallest absolute Gasteiger partial charge is 0.0400 e. The van der Waals surface area contributed by atoms with Crippen LogP contribution >= 0.6 is 22.6 Å². The van der Waals surface area contributed by atoms with Gasteiger partial charge in [-0.05, 0) is 25.0 Å². The maximum absolute atomic E-state index is 2.42. The summed E-state index contributed by atoms with van der Waals surface area (Å²) in [5, 5.41) is 0. The van der Waals surface area contributed by atoms with Crippen molar-refractivity contribution < 1.29 is 0 Å². The van der Waals surface area contributed by atoms with Crippen LogP contribution in [0.4, 0.5) is 0 Å². The molecule has 0 bridgehead atoms. The Kier molecular flexibility index (Phi) is 1.72. The Morgan fingerprint density at radius 2 is 2.40 bits per heavy atom. The number of alkyl halides is 1. The Labute approximate surface area is 74.6 Å². The van der Waals surface area contributed by atoms with Crippen LogP contribution in [0.3, 0.4) is 0 Å². The molecule has 0 amide bonds. The van der Waals surface area contributed by atoms with Crippen molar-refractivity contribution in [3.05, 3.63) is 24.0 Å². The van der Waals surface area contributed by atoms with Crippen molar-refractivity contribution in [2.45, 2.75) is 23.3 Å². The van der Waals surface area contributed by atoms with Gasteiger partial charge in [0.1, 0.15) is 0 Å². The summed E-state index contributed by atoms with van der Waals surface area (Å²) in [4.78, 5) is 0. The van der Waals surface area contributed by atoms with Crippen LogP contribution in [0.25, 0.3) is 0 Å². The fourth-order valence-electron chi connectivity index (χ4n) is 1.25. The van der Waals surface area contributed by atoms with E-state index in [0.717, 1.165) is 10.5 Å². The van der Waals surface area contributed by atoms with Crippen LogP contribution < -0.4 is 0 Å². The molecule has 1 aromatic rings. The predicted octanol–water partition coefficient (Wildman–Crippen LogP) is 2.76. The SMILES string of the molecule is ICc1cccn1C1CC1. The first-order valence-corrected chi connectivity index (χ1v) is 5.16. The molecule has 0 radical (unpaired) electrons. The predicted molar refractivity (Wildman–Crippen MR) is 50.4 cm³/mol. The molecule has 1 heterocycles. The quantitative estimate of drug-likeness (QED) is 0.559. The number of hydrogen-bond donors (Lipinski definition) is 0. The van der Waals surface area contributed by atoms with Gasteiger partial charge >= 0.3 is 0 Å². The Hall–Kier alpha value is 0.01000. The molecule has 10 heavy (non-hydrogen) atoms. The van der Waals surface area contributed by atoms with Crippen molar-refractivity contribution in [2.75, 3.05) is 0 Å². The summed E-state index contributed by atoms with van der Waals surface area (Å²) in [6, 6.07) is 5.21. The second-order valence-corrected chi connectivity index (χ2v) is 3.53. The first-order chi connectivity index (χ1) is 4.92.